The molecule has 0 fully saturated rings. The van der Waals surface area contributed by atoms with Gasteiger partial charge in [0.15, 0.2) is 0 Å². The van der Waals surface area contributed by atoms with Crippen LogP contribution in [0.5, 0.6) is 11.5 Å². The van der Waals surface area contributed by atoms with Gasteiger partial charge in [0, 0.05) is 0 Å². The minimum absolute atomic E-state index is 0.259. The standard InChI is InChI=1S/C44H41O2P/c1-3-14-34-26-28-43(45)42(30-34)37-27-29-44(38(31-37)15-4-2)46-32-35-22-24-36(25-23-35)33-47(39-16-8-5-9-17-39,40-18-10-6-11-19-40)41-20-12-7-13-21-41/h3-13,16-31,45,47H,1-2,14-15,32-33H2. The summed E-state index contributed by atoms with van der Waals surface area (Å²) in [4.78, 5) is 0. The molecule has 1 N–H and O–H groups in total. The van der Waals surface area contributed by atoms with Crippen LogP contribution in [0, 0.1) is 0 Å². The molecule has 0 aromatic heterocycles. The third kappa shape index (κ3) is 7.14. The van der Waals surface area contributed by atoms with E-state index < -0.39 is 7.26 Å². The molecule has 6 aromatic rings. The molecule has 0 unspecified atom stereocenters. The Morgan fingerprint density at radius 1 is 0.553 bits per heavy atom. The molecule has 0 saturated carbocycles. The van der Waals surface area contributed by atoms with Crippen LogP contribution in [0.1, 0.15) is 22.3 Å². The number of hydrogen-bond donors (Lipinski definition) is 1. The molecule has 47 heavy (non-hydrogen) atoms. The Labute approximate surface area is 279 Å². The number of ether oxygens (including phenoxy) is 1. The molecule has 0 aliphatic heterocycles. The van der Waals surface area contributed by atoms with Gasteiger partial charge in [0.25, 0.3) is 0 Å². The number of rotatable bonds is 13. The van der Waals surface area contributed by atoms with Crippen molar-refractivity contribution in [3.05, 3.63) is 199 Å². The predicted octanol–water partition coefficient (Wildman–Crippen LogP) is 9.32. The molecule has 0 amide bonds. The van der Waals surface area contributed by atoms with E-state index in [-0.39, 0.29) is 5.75 Å². The van der Waals surface area contributed by atoms with E-state index in [1.165, 1.54) is 21.5 Å². The molecular weight excluding hydrogens is 591 g/mol. The summed E-state index contributed by atoms with van der Waals surface area (Å²) in [5, 5.41) is 14.8. The van der Waals surface area contributed by atoms with Crippen molar-refractivity contribution in [1.82, 2.24) is 0 Å². The number of hydrogen-bond acceptors (Lipinski definition) is 2. The molecular formula is C44H41O2P. The summed E-state index contributed by atoms with van der Waals surface area (Å²) in [5.41, 5.74) is 6.32. The molecule has 0 aliphatic rings. The van der Waals surface area contributed by atoms with Crippen LogP contribution < -0.4 is 20.7 Å². The first-order valence-corrected chi connectivity index (χ1v) is 18.4. The Morgan fingerprint density at radius 3 is 1.64 bits per heavy atom. The van der Waals surface area contributed by atoms with E-state index in [1.807, 2.05) is 36.4 Å². The predicted molar refractivity (Wildman–Crippen MR) is 202 cm³/mol. The first kappa shape index (κ1) is 31.8. The van der Waals surface area contributed by atoms with Gasteiger partial charge in [-0.05, 0) is 24.1 Å². The maximum atomic E-state index is 10.6. The molecule has 6 aromatic carbocycles. The Kier molecular flexibility index (Phi) is 10.1. The van der Waals surface area contributed by atoms with Crippen molar-refractivity contribution in [2.45, 2.75) is 25.6 Å². The molecule has 3 heteroatoms. The van der Waals surface area contributed by atoms with Crippen LogP contribution in [-0.2, 0) is 25.6 Å². The van der Waals surface area contributed by atoms with Crippen molar-refractivity contribution in [3.8, 4) is 22.6 Å². The quantitative estimate of drug-likeness (QED) is 0.102. The van der Waals surface area contributed by atoms with E-state index >= 15 is 0 Å². The summed E-state index contributed by atoms with van der Waals surface area (Å²) in [7, 11) is -2.38. The van der Waals surface area contributed by atoms with Gasteiger partial charge in [0.05, 0.1) is 0 Å². The van der Waals surface area contributed by atoms with Crippen molar-refractivity contribution < 1.29 is 9.84 Å². The van der Waals surface area contributed by atoms with Gasteiger partial charge in [-0.15, -0.1) is 6.58 Å². The third-order valence-electron chi connectivity index (χ3n) is 8.86. The average Bonchev–Trinajstić information content (AvgIpc) is 3.13. The van der Waals surface area contributed by atoms with Gasteiger partial charge in [-0.1, -0.05) is 12.1 Å². The van der Waals surface area contributed by atoms with Crippen LogP contribution in [0.15, 0.2) is 177 Å². The van der Waals surface area contributed by atoms with Crippen molar-refractivity contribution in [3.63, 3.8) is 0 Å². The maximum Gasteiger partial charge on any atom is -0.0471 e. The second-order valence-corrected chi connectivity index (χ2v) is 15.8. The first-order chi connectivity index (χ1) is 23.1. The molecule has 234 valence electrons. The van der Waals surface area contributed by atoms with Crippen LogP contribution >= 0.6 is 7.26 Å². The second-order valence-electron chi connectivity index (χ2n) is 11.9. The fraction of sp³-hybridized carbons (Fsp3) is 0.0909. The normalized spacial score (nSPS) is 11.5. The largest absolute Gasteiger partial charge is 0.0471 e. The number of phenols is 1. The molecule has 0 bridgehead atoms. The summed E-state index contributed by atoms with van der Waals surface area (Å²) in [6.07, 6.45) is 6.13. The van der Waals surface area contributed by atoms with Crippen molar-refractivity contribution in [1.29, 1.82) is 0 Å². The van der Waals surface area contributed by atoms with Gasteiger partial charge >= 0.3 is 227 Å². The smallest absolute Gasteiger partial charge is 0.0471 e. The van der Waals surface area contributed by atoms with Crippen molar-refractivity contribution in [2.75, 3.05) is 0 Å². The fourth-order valence-electron chi connectivity index (χ4n) is 6.51. The summed E-state index contributed by atoms with van der Waals surface area (Å²) in [6, 6.07) is 53.9. The molecule has 2 nitrogen and oxygen atoms in total. The molecule has 0 atom stereocenters. The van der Waals surface area contributed by atoms with E-state index in [1.54, 1.807) is 6.07 Å². The molecule has 0 saturated heterocycles. The van der Waals surface area contributed by atoms with Crippen LogP contribution in [0.25, 0.3) is 11.1 Å². The Balaban J connectivity index is 1.26. The molecule has 0 heterocycles. The van der Waals surface area contributed by atoms with Gasteiger partial charge in [-0.2, -0.15) is 0 Å². The second kappa shape index (κ2) is 14.9. The van der Waals surface area contributed by atoms with E-state index in [0.717, 1.165) is 46.1 Å². The average molecular weight is 633 g/mol. The number of benzene rings is 6. The SMILES string of the molecule is C=CCc1ccc(O)c(-c2ccc(OCc3ccc(C[PH](c4ccccc4)(c4ccccc4)c4ccccc4)cc3)c(CC=C)c2)c1. The Bertz CT molecular complexity index is 1830. The van der Waals surface area contributed by atoms with Crippen LogP contribution in [0.2, 0.25) is 0 Å². The Hall–Kier alpha value is -5.17. The minimum atomic E-state index is -2.38. The molecule has 6 rings (SSSR count). The zero-order valence-electron chi connectivity index (χ0n) is 26.7. The molecule has 0 spiro atoms. The summed E-state index contributed by atoms with van der Waals surface area (Å²) >= 11 is 0. The fourth-order valence-corrected chi connectivity index (χ4v) is 11.3. The minimum Gasteiger partial charge on any atom is -0.0471 e. The zero-order chi connectivity index (χ0) is 32.5. The molecule has 0 aliphatic carbocycles. The number of phenolic OH excluding ortho intramolecular Hbond substituents is 1. The molecule has 0 radical (unpaired) electrons. The summed E-state index contributed by atoms with van der Waals surface area (Å²) in [6.45, 7) is 8.27. The number of aromatic hydroxyl groups is 1. The van der Waals surface area contributed by atoms with E-state index in [0.29, 0.717) is 13.0 Å². The zero-order valence-corrected chi connectivity index (χ0v) is 27.7. The summed E-state index contributed by atoms with van der Waals surface area (Å²) in [5.74, 6) is 1.08. The Morgan fingerprint density at radius 2 is 1.09 bits per heavy atom. The number of allylic oxidation sites excluding steroid dienone is 2. The van der Waals surface area contributed by atoms with Crippen LogP contribution in [0.3, 0.4) is 0 Å². The van der Waals surface area contributed by atoms with E-state index in [4.69, 9.17) is 4.74 Å². The topological polar surface area (TPSA) is 29.5 Å². The first-order valence-electron chi connectivity index (χ1n) is 16.1. The van der Waals surface area contributed by atoms with Crippen LogP contribution in [0.4, 0.5) is 0 Å². The van der Waals surface area contributed by atoms with Gasteiger partial charge in [-0.25, -0.2) is 0 Å². The van der Waals surface area contributed by atoms with Crippen LogP contribution in [-0.4, -0.2) is 5.11 Å². The monoisotopic (exact) mass is 632 g/mol. The summed E-state index contributed by atoms with van der Waals surface area (Å²) < 4.78 is 6.39. The van der Waals surface area contributed by atoms with Gasteiger partial charge in [0.2, 0.25) is 0 Å². The van der Waals surface area contributed by atoms with E-state index in [9.17, 15) is 5.11 Å². The maximum absolute atomic E-state index is 10.6. The van der Waals surface area contributed by atoms with Gasteiger partial charge < -0.3 is 5.11 Å². The van der Waals surface area contributed by atoms with Gasteiger partial charge in [0.1, 0.15) is 5.75 Å². The van der Waals surface area contributed by atoms with Crippen molar-refractivity contribution in [2.24, 2.45) is 0 Å². The third-order valence-corrected chi connectivity index (χ3v) is 13.8. The van der Waals surface area contributed by atoms with E-state index in [2.05, 4.69) is 134 Å². The van der Waals surface area contributed by atoms with Crippen molar-refractivity contribution >= 4 is 23.2 Å². The van der Waals surface area contributed by atoms with Gasteiger partial charge in [-0.3, -0.25) is 0 Å².